The average Bonchev–Trinajstić information content (AvgIpc) is 2.66. The topological polar surface area (TPSA) is 75.7 Å². The van der Waals surface area contributed by atoms with Crippen molar-refractivity contribution >= 4 is 29.0 Å². The van der Waals surface area contributed by atoms with Gasteiger partial charge in [0, 0.05) is 37.5 Å². The van der Waals surface area contributed by atoms with Gasteiger partial charge in [0.15, 0.2) is 12.4 Å². The molecule has 0 radical (unpaired) electrons. The number of hydrogen-bond acceptors (Lipinski definition) is 5. The van der Waals surface area contributed by atoms with E-state index < -0.39 is 5.97 Å². The van der Waals surface area contributed by atoms with Crippen molar-refractivity contribution in [3.8, 4) is 0 Å². The molecule has 6 nitrogen and oxygen atoms in total. The van der Waals surface area contributed by atoms with Gasteiger partial charge in [-0.05, 0) is 55.0 Å². The first-order valence-corrected chi connectivity index (χ1v) is 8.78. The normalized spacial score (nSPS) is 10.2. The zero-order valence-electron chi connectivity index (χ0n) is 15.8. The Hall–Kier alpha value is -3.15. The van der Waals surface area contributed by atoms with E-state index in [9.17, 15) is 14.4 Å². The third-order valence-corrected chi connectivity index (χ3v) is 3.92. The number of hydrogen-bond donors (Lipinski definition) is 1. The van der Waals surface area contributed by atoms with Crippen LogP contribution in [-0.2, 0) is 9.53 Å². The fraction of sp³-hybridized carbons (Fsp3) is 0.286. The Labute approximate surface area is 159 Å². The summed E-state index contributed by atoms with van der Waals surface area (Å²) in [6.07, 6.45) is 1.22. The van der Waals surface area contributed by atoms with Crippen molar-refractivity contribution in [1.29, 1.82) is 0 Å². The number of carbonyl (C=O) groups excluding carboxylic acids is 3. The molecule has 2 aromatic carbocycles. The molecule has 0 spiro atoms. The second-order valence-electron chi connectivity index (χ2n) is 6.32. The molecule has 0 saturated heterocycles. The van der Waals surface area contributed by atoms with Crippen molar-refractivity contribution < 1.29 is 19.1 Å². The predicted molar refractivity (Wildman–Crippen MR) is 105 cm³/mol. The summed E-state index contributed by atoms with van der Waals surface area (Å²) in [6, 6.07) is 13.5. The third kappa shape index (κ3) is 5.95. The summed E-state index contributed by atoms with van der Waals surface area (Å²) in [7, 11) is 3.82. The van der Waals surface area contributed by atoms with Crippen LogP contribution in [0.25, 0.3) is 0 Å². The highest BCUT2D eigenvalue weighted by atomic mass is 16.5. The SMILES string of the molecule is CCCC(=O)Nc1ccc(C(=O)COC(=O)c2ccc(N(C)C)cc2)cc1. The minimum absolute atomic E-state index is 0.0641. The molecule has 2 rings (SSSR count). The lowest BCUT2D eigenvalue weighted by Crippen LogP contribution is -2.15. The first kappa shape index (κ1) is 20.2. The van der Waals surface area contributed by atoms with E-state index >= 15 is 0 Å². The Bertz CT molecular complexity index is 796. The maximum absolute atomic E-state index is 12.2. The Morgan fingerprint density at radius 3 is 2.07 bits per heavy atom. The molecule has 0 aliphatic carbocycles. The molecule has 2 aromatic rings. The van der Waals surface area contributed by atoms with Gasteiger partial charge >= 0.3 is 5.97 Å². The van der Waals surface area contributed by atoms with Crippen LogP contribution in [0.1, 0.15) is 40.5 Å². The number of ketones is 1. The van der Waals surface area contributed by atoms with Gasteiger partial charge in [0.1, 0.15) is 0 Å². The number of benzene rings is 2. The molecule has 27 heavy (non-hydrogen) atoms. The lowest BCUT2D eigenvalue weighted by molar-refractivity contribution is -0.116. The highest BCUT2D eigenvalue weighted by Crippen LogP contribution is 2.14. The van der Waals surface area contributed by atoms with Crippen LogP contribution in [0.15, 0.2) is 48.5 Å². The van der Waals surface area contributed by atoms with Gasteiger partial charge in [-0.3, -0.25) is 9.59 Å². The van der Waals surface area contributed by atoms with Crippen LogP contribution in [-0.4, -0.2) is 38.4 Å². The number of nitrogens with one attached hydrogen (secondary N) is 1. The molecule has 142 valence electrons. The van der Waals surface area contributed by atoms with Gasteiger partial charge in [-0.25, -0.2) is 4.79 Å². The van der Waals surface area contributed by atoms with Crippen LogP contribution < -0.4 is 10.2 Å². The second-order valence-corrected chi connectivity index (χ2v) is 6.32. The highest BCUT2D eigenvalue weighted by molar-refractivity contribution is 6.00. The maximum atomic E-state index is 12.2. The summed E-state index contributed by atoms with van der Waals surface area (Å²) in [6.45, 7) is 1.59. The molecule has 0 atom stereocenters. The van der Waals surface area contributed by atoms with Crippen molar-refractivity contribution in [2.24, 2.45) is 0 Å². The zero-order valence-corrected chi connectivity index (χ0v) is 15.8. The van der Waals surface area contributed by atoms with Crippen molar-refractivity contribution in [1.82, 2.24) is 0 Å². The van der Waals surface area contributed by atoms with Crippen LogP contribution in [0.2, 0.25) is 0 Å². The van der Waals surface area contributed by atoms with E-state index in [1.54, 1.807) is 36.4 Å². The average molecular weight is 368 g/mol. The van der Waals surface area contributed by atoms with Crippen molar-refractivity contribution in [2.75, 3.05) is 30.9 Å². The number of Topliss-reactive ketones (excluding diaryl/α,β-unsaturated/α-hetero) is 1. The van der Waals surface area contributed by atoms with Crippen LogP contribution in [0, 0.1) is 0 Å². The van der Waals surface area contributed by atoms with Gasteiger partial charge in [-0.1, -0.05) is 6.92 Å². The van der Waals surface area contributed by atoms with Gasteiger partial charge in [0.05, 0.1) is 5.56 Å². The summed E-state index contributed by atoms with van der Waals surface area (Å²) in [4.78, 5) is 37.7. The van der Waals surface area contributed by atoms with E-state index in [2.05, 4.69) is 5.32 Å². The number of anilines is 2. The standard InChI is InChI=1S/C21H24N2O4/c1-4-5-20(25)22-17-10-6-15(7-11-17)19(24)14-27-21(26)16-8-12-18(13-9-16)23(2)3/h6-13H,4-5,14H2,1-3H3,(H,22,25). The first-order valence-electron chi connectivity index (χ1n) is 8.78. The van der Waals surface area contributed by atoms with Gasteiger partial charge in [0.25, 0.3) is 0 Å². The third-order valence-electron chi connectivity index (χ3n) is 3.92. The largest absolute Gasteiger partial charge is 0.454 e. The van der Waals surface area contributed by atoms with E-state index in [0.29, 0.717) is 23.2 Å². The summed E-state index contributed by atoms with van der Waals surface area (Å²) in [5.41, 5.74) is 2.40. The Kier molecular flexibility index (Phi) is 7.11. The van der Waals surface area contributed by atoms with Crippen LogP contribution in [0.5, 0.6) is 0 Å². The Morgan fingerprint density at radius 2 is 1.52 bits per heavy atom. The van der Waals surface area contributed by atoms with E-state index in [0.717, 1.165) is 12.1 Å². The van der Waals surface area contributed by atoms with E-state index in [1.807, 2.05) is 38.1 Å². The molecule has 0 saturated carbocycles. The quantitative estimate of drug-likeness (QED) is 0.570. The number of ether oxygens (including phenoxy) is 1. The molecule has 0 unspecified atom stereocenters. The molecule has 1 N–H and O–H groups in total. The molecule has 1 amide bonds. The maximum Gasteiger partial charge on any atom is 0.338 e. The number of esters is 1. The summed E-state index contributed by atoms with van der Waals surface area (Å²) in [5.74, 6) is -0.914. The lowest BCUT2D eigenvalue weighted by Gasteiger charge is -2.12. The fourth-order valence-electron chi connectivity index (χ4n) is 2.38. The lowest BCUT2D eigenvalue weighted by atomic mass is 10.1. The van der Waals surface area contributed by atoms with E-state index in [4.69, 9.17) is 4.74 Å². The Morgan fingerprint density at radius 1 is 0.926 bits per heavy atom. The molecule has 6 heteroatoms. The predicted octanol–water partition coefficient (Wildman–Crippen LogP) is 3.53. The zero-order chi connectivity index (χ0) is 19.8. The molecule has 0 aromatic heterocycles. The summed E-state index contributed by atoms with van der Waals surface area (Å²) < 4.78 is 5.10. The van der Waals surface area contributed by atoms with Gasteiger partial charge in [-0.2, -0.15) is 0 Å². The van der Waals surface area contributed by atoms with Crippen molar-refractivity contribution in [3.05, 3.63) is 59.7 Å². The minimum Gasteiger partial charge on any atom is -0.454 e. The molecule has 0 aliphatic rings. The first-order chi connectivity index (χ1) is 12.9. The van der Waals surface area contributed by atoms with Crippen LogP contribution in [0.3, 0.4) is 0 Å². The number of amides is 1. The van der Waals surface area contributed by atoms with Crippen molar-refractivity contribution in [2.45, 2.75) is 19.8 Å². The molecular weight excluding hydrogens is 344 g/mol. The van der Waals surface area contributed by atoms with Crippen LogP contribution in [0.4, 0.5) is 11.4 Å². The second kappa shape index (κ2) is 9.52. The number of carbonyl (C=O) groups is 3. The monoisotopic (exact) mass is 368 g/mol. The van der Waals surface area contributed by atoms with Gasteiger partial charge < -0.3 is 15.0 Å². The van der Waals surface area contributed by atoms with Gasteiger partial charge in [0.2, 0.25) is 5.91 Å². The molecule has 0 bridgehead atoms. The minimum atomic E-state index is -0.544. The Balaban J connectivity index is 1.89. The van der Waals surface area contributed by atoms with E-state index in [1.165, 1.54) is 0 Å². The molecule has 0 aliphatic heterocycles. The molecular formula is C21H24N2O4. The summed E-state index contributed by atoms with van der Waals surface area (Å²) in [5, 5.41) is 2.75. The molecule has 0 fully saturated rings. The molecule has 0 heterocycles. The number of rotatable bonds is 8. The van der Waals surface area contributed by atoms with Gasteiger partial charge in [-0.15, -0.1) is 0 Å². The van der Waals surface area contributed by atoms with E-state index in [-0.39, 0.29) is 18.3 Å². The highest BCUT2D eigenvalue weighted by Gasteiger charge is 2.12. The fourth-order valence-corrected chi connectivity index (χ4v) is 2.38. The van der Waals surface area contributed by atoms with Crippen LogP contribution >= 0.6 is 0 Å². The van der Waals surface area contributed by atoms with Crippen molar-refractivity contribution in [3.63, 3.8) is 0 Å². The summed E-state index contributed by atoms with van der Waals surface area (Å²) >= 11 is 0. The smallest absolute Gasteiger partial charge is 0.338 e. The number of nitrogens with zero attached hydrogens (tertiary/aromatic N) is 1.